The summed E-state index contributed by atoms with van der Waals surface area (Å²) in [5.41, 5.74) is 6.08. The lowest BCUT2D eigenvalue weighted by Crippen LogP contribution is -2.08. The van der Waals surface area contributed by atoms with Crippen molar-refractivity contribution in [3.05, 3.63) is 46.5 Å². The normalized spacial score (nSPS) is 10.5. The fraction of sp³-hybridized carbons (Fsp3) is 0.167. The SMILES string of the molecule is COC(=O)c1nn(Cc2c(F)cccc2Cl)cc1N. The second-order valence-electron chi connectivity index (χ2n) is 3.82. The van der Waals surface area contributed by atoms with Gasteiger partial charge in [0.1, 0.15) is 5.82 Å². The summed E-state index contributed by atoms with van der Waals surface area (Å²) in [5, 5.41) is 4.24. The molecular formula is C12H11ClFN3O2. The monoisotopic (exact) mass is 283 g/mol. The highest BCUT2D eigenvalue weighted by atomic mass is 35.5. The van der Waals surface area contributed by atoms with Crippen molar-refractivity contribution in [3.63, 3.8) is 0 Å². The van der Waals surface area contributed by atoms with Gasteiger partial charge in [-0.05, 0) is 12.1 Å². The fourth-order valence-electron chi connectivity index (χ4n) is 1.62. The van der Waals surface area contributed by atoms with Gasteiger partial charge < -0.3 is 10.5 Å². The summed E-state index contributed by atoms with van der Waals surface area (Å²) >= 11 is 5.91. The van der Waals surface area contributed by atoms with Crippen LogP contribution in [0.5, 0.6) is 0 Å². The van der Waals surface area contributed by atoms with Crippen molar-refractivity contribution < 1.29 is 13.9 Å². The largest absolute Gasteiger partial charge is 0.464 e. The second kappa shape index (κ2) is 5.27. The number of rotatable bonds is 3. The van der Waals surface area contributed by atoms with Crippen LogP contribution in [0.15, 0.2) is 24.4 Å². The number of carbonyl (C=O) groups excluding carboxylic acids is 1. The Labute approximate surface area is 113 Å². The summed E-state index contributed by atoms with van der Waals surface area (Å²) in [6.45, 7) is 0.0761. The number of aromatic nitrogens is 2. The molecule has 100 valence electrons. The van der Waals surface area contributed by atoms with Crippen LogP contribution in [0.2, 0.25) is 5.02 Å². The van der Waals surface area contributed by atoms with Crippen LogP contribution < -0.4 is 5.73 Å². The lowest BCUT2D eigenvalue weighted by atomic mass is 10.2. The Hall–Kier alpha value is -2.08. The Morgan fingerprint density at radius 2 is 2.32 bits per heavy atom. The van der Waals surface area contributed by atoms with Crippen molar-refractivity contribution in [2.75, 3.05) is 12.8 Å². The van der Waals surface area contributed by atoms with Gasteiger partial charge in [-0.3, -0.25) is 4.68 Å². The molecule has 7 heteroatoms. The summed E-state index contributed by atoms with van der Waals surface area (Å²) in [5.74, 6) is -1.09. The molecule has 0 spiro atoms. The van der Waals surface area contributed by atoms with Crippen molar-refractivity contribution in [2.24, 2.45) is 0 Å². The predicted molar refractivity (Wildman–Crippen MR) is 68.5 cm³/mol. The zero-order valence-electron chi connectivity index (χ0n) is 10.1. The summed E-state index contributed by atoms with van der Waals surface area (Å²) in [6, 6.07) is 4.39. The van der Waals surface area contributed by atoms with Crippen LogP contribution >= 0.6 is 11.6 Å². The number of carbonyl (C=O) groups is 1. The van der Waals surface area contributed by atoms with Gasteiger partial charge >= 0.3 is 5.97 Å². The minimum absolute atomic E-state index is 0.00467. The fourth-order valence-corrected chi connectivity index (χ4v) is 1.84. The van der Waals surface area contributed by atoms with E-state index < -0.39 is 11.8 Å². The highest BCUT2D eigenvalue weighted by molar-refractivity contribution is 6.31. The molecule has 1 aromatic carbocycles. The average molecular weight is 284 g/mol. The zero-order chi connectivity index (χ0) is 14.0. The molecule has 0 aliphatic rings. The maximum atomic E-state index is 13.6. The molecule has 0 bridgehead atoms. The Morgan fingerprint density at radius 3 is 2.95 bits per heavy atom. The van der Waals surface area contributed by atoms with E-state index in [0.29, 0.717) is 0 Å². The second-order valence-corrected chi connectivity index (χ2v) is 4.23. The number of hydrogen-bond acceptors (Lipinski definition) is 4. The van der Waals surface area contributed by atoms with E-state index in [2.05, 4.69) is 9.84 Å². The lowest BCUT2D eigenvalue weighted by molar-refractivity contribution is 0.0594. The van der Waals surface area contributed by atoms with Gasteiger partial charge in [0.05, 0.1) is 19.3 Å². The van der Waals surface area contributed by atoms with Gasteiger partial charge in [-0.1, -0.05) is 17.7 Å². The Kier molecular flexibility index (Phi) is 3.71. The van der Waals surface area contributed by atoms with Crippen LogP contribution in [0, 0.1) is 5.82 Å². The van der Waals surface area contributed by atoms with Gasteiger partial charge in [0.2, 0.25) is 0 Å². The summed E-state index contributed by atoms with van der Waals surface area (Å²) < 4.78 is 19.5. The molecule has 0 radical (unpaired) electrons. The maximum Gasteiger partial charge on any atom is 0.360 e. The van der Waals surface area contributed by atoms with Crippen LogP contribution in [0.1, 0.15) is 16.1 Å². The number of hydrogen-bond donors (Lipinski definition) is 1. The number of ether oxygens (including phenoxy) is 1. The number of nitrogen functional groups attached to an aromatic ring is 1. The highest BCUT2D eigenvalue weighted by Gasteiger charge is 2.16. The molecule has 0 amide bonds. The lowest BCUT2D eigenvalue weighted by Gasteiger charge is -2.05. The van der Waals surface area contributed by atoms with Gasteiger partial charge in [-0.2, -0.15) is 5.10 Å². The van der Waals surface area contributed by atoms with Gasteiger partial charge in [-0.15, -0.1) is 0 Å². The molecule has 0 aliphatic carbocycles. The van der Waals surface area contributed by atoms with Gasteiger partial charge in [0.25, 0.3) is 0 Å². The summed E-state index contributed by atoms with van der Waals surface area (Å²) in [6.07, 6.45) is 1.43. The third kappa shape index (κ3) is 2.68. The van der Waals surface area contributed by atoms with Crippen molar-refractivity contribution in [3.8, 4) is 0 Å². The maximum absolute atomic E-state index is 13.6. The minimum atomic E-state index is -0.643. The van der Waals surface area contributed by atoms with E-state index in [1.807, 2.05) is 0 Å². The Bertz CT molecular complexity index is 607. The van der Waals surface area contributed by atoms with Crippen LogP contribution in [0.3, 0.4) is 0 Å². The van der Waals surface area contributed by atoms with E-state index in [9.17, 15) is 9.18 Å². The van der Waals surface area contributed by atoms with E-state index in [-0.39, 0.29) is 28.5 Å². The smallest absolute Gasteiger partial charge is 0.360 e. The first kappa shape index (κ1) is 13.4. The molecule has 0 atom stereocenters. The van der Waals surface area contributed by atoms with Crippen LogP contribution in [-0.4, -0.2) is 22.9 Å². The summed E-state index contributed by atoms with van der Waals surface area (Å²) in [7, 11) is 1.23. The number of esters is 1. The first-order chi connectivity index (χ1) is 9.02. The first-order valence-electron chi connectivity index (χ1n) is 5.37. The van der Waals surface area contributed by atoms with E-state index >= 15 is 0 Å². The molecule has 2 N–H and O–H groups in total. The van der Waals surface area contributed by atoms with E-state index in [0.717, 1.165) is 0 Å². The predicted octanol–water partition coefficient (Wildman–Crippen LogP) is 2.09. The Morgan fingerprint density at radius 1 is 1.58 bits per heavy atom. The molecule has 0 saturated carbocycles. The zero-order valence-corrected chi connectivity index (χ0v) is 10.8. The minimum Gasteiger partial charge on any atom is -0.464 e. The van der Waals surface area contributed by atoms with Crippen molar-refractivity contribution in [1.29, 1.82) is 0 Å². The molecule has 1 aromatic heterocycles. The number of halogens is 2. The Balaban J connectivity index is 2.32. The average Bonchev–Trinajstić information content (AvgIpc) is 2.74. The van der Waals surface area contributed by atoms with Crippen LogP contribution in [0.4, 0.5) is 10.1 Å². The number of nitrogens with zero attached hydrogens (tertiary/aromatic N) is 2. The molecule has 0 fully saturated rings. The molecule has 2 aromatic rings. The number of benzene rings is 1. The van der Waals surface area contributed by atoms with E-state index in [1.54, 1.807) is 6.07 Å². The topological polar surface area (TPSA) is 70.1 Å². The molecular weight excluding hydrogens is 273 g/mol. The number of methoxy groups -OCH3 is 1. The van der Waals surface area contributed by atoms with Crippen LogP contribution in [0.25, 0.3) is 0 Å². The van der Waals surface area contributed by atoms with Crippen LogP contribution in [-0.2, 0) is 11.3 Å². The first-order valence-corrected chi connectivity index (χ1v) is 5.75. The van der Waals surface area contributed by atoms with E-state index in [1.165, 1.54) is 30.1 Å². The van der Waals surface area contributed by atoms with Gasteiger partial charge in [0, 0.05) is 16.8 Å². The third-order valence-electron chi connectivity index (χ3n) is 2.55. The van der Waals surface area contributed by atoms with Crippen molar-refractivity contribution >= 4 is 23.3 Å². The standard InChI is InChI=1S/C12H11ClFN3O2/c1-19-12(18)11-10(15)6-17(16-11)5-7-8(13)3-2-4-9(7)14/h2-4,6H,5,15H2,1H3. The summed E-state index contributed by atoms with van der Waals surface area (Å²) in [4.78, 5) is 11.4. The molecule has 1 heterocycles. The highest BCUT2D eigenvalue weighted by Crippen LogP contribution is 2.21. The quantitative estimate of drug-likeness (QED) is 0.876. The molecule has 0 aliphatic heterocycles. The van der Waals surface area contributed by atoms with Crippen molar-refractivity contribution in [1.82, 2.24) is 9.78 Å². The van der Waals surface area contributed by atoms with E-state index in [4.69, 9.17) is 17.3 Å². The third-order valence-corrected chi connectivity index (χ3v) is 2.90. The number of anilines is 1. The van der Waals surface area contributed by atoms with Gasteiger partial charge in [0.15, 0.2) is 5.69 Å². The molecule has 0 saturated heterocycles. The number of nitrogens with two attached hydrogens (primary N) is 1. The van der Waals surface area contributed by atoms with Crippen molar-refractivity contribution in [2.45, 2.75) is 6.54 Å². The molecule has 5 nitrogen and oxygen atoms in total. The molecule has 2 rings (SSSR count). The molecule has 19 heavy (non-hydrogen) atoms. The molecule has 0 unspecified atom stereocenters. The van der Waals surface area contributed by atoms with Gasteiger partial charge in [-0.25, -0.2) is 9.18 Å².